The Kier molecular flexibility index (Phi) is 2.78. The Morgan fingerprint density at radius 1 is 1.56 bits per heavy atom. The summed E-state index contributed by atoms with van der Waals surface area (Å²) >= 11 is 0. The quantitative estimate of drug-likeness (QED) is 0.489. The van der Waals surface area contributed by atoms with Gasteiger partial charge in [-0.25, -0.2) is 0 Å². The van der Waals surface area contributed by atoms with Crippen LogP contribution in [0, 0.1) is 0 Å². The normalized spacial score (nSPS) is 20.8. The van der Waals surface area contributed by atoms with E-state index in [9.17, 15) is 0 Å². The van der Waals surface area contributed by atoms with E-state index in [-0.39, 0.29) is 0 Å². The van der Waals surface area contributed by atoms with Crippen molar-refractivity contribution in [2.45, 2.75) is 26.2 Å². The number of hydrogen-bond donors (Lipinski definition) is 0. The zero-order chi connectivity index (χ0) is 6.53. The number of ether oxygens (including phenoxy) is 1. The van der Waals surface area contributed by atoms with Gasteiger partial charge in [-0.2, -0.15) is 0 Å². The monoisotopic (exact) mass is 126 g/mol. The van der Waals surface area contributed by atoms with E-state index in [4.69, 9.17) is 4.74 Å². The van der Waals surface area contributed by atoms with Gasteiger partial charge in [0, 0.05) is 0 Å². The minimum absolute atomic E-state index is 0.920. The van der Waals surface area contributed by atoms with Gasteiger partial charge in [-0.05, 0) is 19.3 Å². The molecule has 0 saturated heterocycles. The van der Waals surface area contributed by atoms with Crippen molar-refractivity contribution in [3.8, 4) is 0 Å². The summed E-state index contributed by atoms with van der Waals surface area (Å²) < 4.78 is 5.27. The molecule has 0 fully saturated rings. The molecule has 0 radical (unpaired) electrons. The molecule has 0 bridgehead atoms. The SMILES string of the molecule is CCC1=CCCOCC1. The third-order valence-electron chi connectivity index (χ3n) is 1.72. The molecule has 1 heteroatoms. The van der Waals surface area contributed by atoms with Crippen LogP contribution in [0.15, 0.2) is 11.6 Å². The molecular formula is C8H14O. The van der Waals surface area contributed by atoms with Crippen molar-refractivity contribution in [1.29, 1.82) is 0 Å². The molecule has 0 aromatic carbocycles. The number of rotatable bonds is 1. The standard InChI is InChI=1S/C8H14O/c1-2-8-4-3-6-9-7-5-8/h4H,2-3,5-7H2,1H3. The molecule has 0 saturated carbocycles. The Morgan fingerprint density at radius 3 is 3.22 bits per heavy atom. The first-order valence-corrected chi connectivity index (χ1v) is 3.69. The van der Waals surface area contributed by atoms with Gasteiger partial charge < -0.3 is 4.74 Å². The average molecular weight is 126 g/mol. The van der Waals surface area contributed by atoms with Crippen molar-refractivity contribution in [2.24, 2.45) is 0 Å². The van der Waals surface area contributed by atoms with E-state index in [1.807, 2.05) is 0 Å². The summed E-state index contributed by atoms with van der Waals surface area (Å²) in [4.78, 5) is 0. The first kappa shape index (κ1) is 6.81. The van der Waals surface area contributed by atoms with Crippen LogP contribution >= 0.6 is 0 Å². The van der Waals surface area contributed by atoms with E-state index in [2.05, 4.69) is 13.0 Å². The molecule has 1 aliphatic rings. The lowest BCUT2D eigenvalue weighted by Gasteiger charge is -1.97. The van der Waals surface area contributed by atoms with Gasteiger partial charge in [-0.1, -0.05) is 18.6 Å². The second kappa shape index (κ2) is 3.67. The highest BCUT2D eigenvalue weighted by Gasteiger charge is 1.98. The molecule has 52 valence electrons. The zero-order valence-electron chi connectivity index (χ0n) is 6.02. The molecule has 0 amide bonds. The fraction of sp³-hybridized carbons (Fsp3) is 0.750. The van der Waals surface area contributed by atoms with E-state index in [1.54, 1.807) is 5.57 Å². The van der Waals surface area contributed by atoms with Crippen LogP contribution < -0.4 is 0 Å². The summed E-state index contributed by atoms with van der Waals surface area (Å²) in [6.07, 6.45) is 5.77. The van der Waals surface area contributed by atoms with Crippen LogP contribution in [-0.4, -0.2) is 13.2 Å². The first-order chi connectivity index (χ1) is 4.43. The Hall–Kier alpha value is -0.300. The maximum absolute atomic E-state index is 5.27. The Bertz CT molecular complexity index is 105. The fourth-order valence-electron chi connectivity index (χ4n) is 1.07. The predicted molar refractivity (Wildman–Crippen MR) is 38.4 cm³/mol. The second-order valence-electron chi connectivity index (χ2n) is 2.37. The van der Waals surface area contributed by atoms with Crippen LogP contribution in [0.5, 0.6) is 0 Å². The summed E-state index contributed by atoms with van der Waals surface area (Å²) in [6, 6.07) is 0. The minimum atomic E-state index is 0.920. The molecule has 0 aromatic rings. The van der Waals surface area contributed by atoms with E-state index >= 15 is 0 Å². The Balaban J connectivity index is 2.37. The van der Waals surface area contributed by atoms with Gasteiger partial charge in [-0.15, -0.1) is 0 Å². The largest absolute Gasteiger partial charge is 0.381 e. The maximum Gasteiger partial charge on any atom is 0.0503 e. The molecule has 0 atom stereocenters. The minimum Gasteiger partial charge on any atom is -0.381 e. The molecule has 1 heterocycles. The molecule has 0 aliphatic carbocycles. The van der Waals surface area contributed by atoms with E-state index in [1.165, 1.54) is 6.42 Å². The summed E-state index contributed by atoms with van der Waals surface area (Å²) in [7, 11) is 0. The fourth-order valence-corrected chi connectivity index (χ4v) is 1.07. The molecule has 0 aromatic heterocycles. The highest BCUT2D eigenvalue weighted by molar-refractivity contribution is 5.01. The van der Waals surface area contributed by atoms with E-state index in [0.717, 1.165) is 26.1 Å². The highest BCUT2D eigenvalue weighted by Crippen LogP contribution is 2.10. The zero-order valence-corrected chi connectivity index (χ0v) is 6.02. The van der Waals surface area contributed by atoms with Crippen LogP contribution in [-0.2, 0) is 4.74 Å². The summed E-state index contributed by atoms with van der Waals surface area (Å²) in [5.74, 6) is 0. The van der Waals surface area contributed by atoms with Gasteiger partial charge in [0.25, 0.3) is 0 Å². The van der Waals surface area contributed by atoms with Crippen molar-refractivity contribution in [1.82, 2.24) is 0 Å². The van der Waals surface area contributed by atoms with Gasteiger partial charge in [0.2, 0.25) is 0 Å². The van der Waals surface area contributed by atoms with Crippen LogP contribution in [0.3, 0.4) is 0 Å². The lowest BCUT2D eigenvalue weighted by molar-refractivity contribution is 0.146. The third-order valence-corrected chi connectivity index (χ3v) is 1.72. The van der Waals surface area contributed by atoms with Gasteiger partial charge >= 0.3 is 0 Å². The van der Waals surface area contributed by atoms with Gasteiger partial charge in [-0.3, -0.25) is 0 Å². The highest BCUT2D eigenvalue weighted by atomic mass is 16.5. The van der Waals surface area contributed by atoms with Crippen molar-refractivity contribution < 1.29 is 4.74 Å². The van der Waals surface area contributed by atoms with Gasteiger partial charge in [0.05, 0.1) is 13.2 Å². The van der Waals surface area contributed by atoms with E-state index in [0.29, 0.717) is 0 Å². The predicted octanol–water partition coefficient (Wildman–Crippen LogP) is 2.13. The molecular weight excluding hydrogens is 112 g/mol. The molecule has 0 spiro atoms. The van der Waals surface area contributed by atoms with Crippen molar-refractivity contribution in [3.05, 3.63) is 11.6 Å². The first-order valence-electron chi connectivity index (χ1n) is 3.69. The Morgan fingerprint density at radius 2 is 2.44 bits per heavy atom. The van der Waals surface area contributed by atoms with Crippen LogP contribution in [0.1, 0.15) is 26.2 Å². The Labute approximate surface area is 56.7 Å². The number of hydrogen-bond acceptors (Lipinski definition) is 1. The van der Waals surface area contributed by atoms with Crippen LogP contribution in [0.25, 0.3) is 0 Å². The lowest BCUT2D eigenvalue weighted by Crippen LogP contribution is -1.91. The molecule has 0 N–H and O–H groups in total. The summed E-state index contributed by atoms with van der Waals surface area (Å²) in [5, 5.41) is 0. The molecule has 0 unspecified atom stereocenters. The maximum atomic E-state index is 5.27. The molecule has 1 aliphatic heterocycles. The van der Waals surface area contributed by atoms with Gasteiger partial charge in [0.15, 0.2) is 0 Å². The van der Waals surface area contributed by atoms with Crippen molar-refractivity contribution >= 4 is 0 Å². The smallest absolute Gasteiger partial charge is 0.0503 e. The molecule has 1 rings (SSSR count). The van der Waals surface area contributed by atoms with Crippen LogP contribution in [0.4, 0.5) is 0 Å². The molecule has 1 nitrogen and oxygen atoms in total. The molecule has 9 heavy (non-hydrogen) atoms. The van der Waals surface area contributed by atoms with Crippen LogP contribution in [0.2, 0.25) is 0 Å². The summed E-state index contributed by atoms with van der Waals surface area (Å²) in [6.45, 7) is 4.06. The van der Waals surface area contributed by atoms with E-state index < -0.39 is 0 Å². The average Bonchev–Trinajstić information content (AvgIpc) is 2.13. The van der Waals surface area contributed by atoms with Crippen molar-refractivity contribution in [2.75, 3.05) is 13.2 Å². The van der Waals surface area contributed by atoms with Gasteiger partial charge in [0.1, 0.15) is 0 Å². The topological polar surface area (TPSA) is 9.23 Å². The lowest BCUT2D eigenvalue weighted by atomic mass is 10.1. The second-order valence-corrected chi connectivity index (χ2v) is 2.37. The summed E-state index contributed by atoms with van der Waals surface area (Å²) in [5.41, 5.74) is 1.56. The third kappa shape index (κ3) is 2.19. The van der Waals surface area contributed by atoms with Crippen molar-refractivity contribution in [3.63, 3.8) is 0 Å².